The standard InChI is InChI=1S/C16H27N3O5S/c1-13(20)19(11-10-18(2)3)9-8-17-25(21,22)16-12-14(23-4)6-7-15(16)24-5/h6-7,12,17H,8-11H2,1-5H3. The van der Waals surface area contributed by atoms with Gasteiger partial charge in [-0.3, -0.25) is 4.79 Å². The summed E-state index contributed by atoms with van der Waals surface area (Å²) in [5.41, 5.74) is 0. The second kappa shape index (κ2) is 9.59. The largest absolute Gasteiger partial charge is 0.497 e. The summed E-state index contributed by atoms with van der Waals surface area (Å²) in [6.45, 7) is 3.10. The van der Waals surface area contributed by atoms with Crippen molar-refractivity contribution in [3.63, 3.8) is 0 Å². The number of methoxy groups -OCH3 is 2. The molecule has 0 aliphatic rings. The van der Waals surface area contributed by atoms with E-state index in [9.17, 15) is 13.2 Å². The Hall–Kier alpha value is -1.84. The third kappa shape index (κ3) is 6.52. The molecule has 0 heterocycles. The highest BCUT2D eigenvalue weighted by atomic mass is 32.2. The number of nitrogens with one attached hydrogen (secondary N) is 1. The summed E-state index contributed by atoms with van der Waals surface area (Å²) in [5, 5.41) is 0. The van der Waals surface area contributed by atoms with Gasteiger partial charge < -0.3 is 19.3 Å². The number of hydrogen-bond donors (Lipinski definition) is 1. The van der Waals surface area contributed by atoms with E-state index < -0.39 is 10.0 Å². The maximum absolute atomic E-state index is 12.5. The molecule has 25 heavy (non-hydrogen) atoms. The Morgan fingerprint density at radius 3 is 2.32 bits per heavy atom. The van der Waals surface area contributed by atoms with Crippen molar-refractivity contribution in [2.45, 2.75) is 11.8 Å². The van der Waals surface area contributed by atoms with Crippen molar-refractivity contribution in [2.24, 2.45) is 0 Å². The highest BCUT2D eigenvalue weighted by molar-refractivity contribution is 7.89. The Bertz CT molecular complexity index is 676. The van der Waals surface area contributed by atoms with Gasteiger partial charge >= 0.3 is 0 Å². The molecule has 9 heteroatoms. The number of hydrogen-bond acceptors (Lipinski definition) is 6. The van der Waals surface area contributed by atoms with E-state index in [0.717, 1.165) is 0 Å². The molecule has 8 nitrogen and oxygen atoms in total. The first kappa shape index (κ1) is 21.2. The van der Waals surface area contributed by atoms with E-state index >= 15 is 0 Å². The van der Waals surface area contributed by atoms with Crippen LogP contribution in [-0.2, 0) is 14.8 Å². The summed E-state index contributed by atoms with van der Waals surface area (Å²) < 4.78 is 37.8. The fraction of sp³-hybridized carbons (Fsp3) is 0.562. The molecule has 0 unspecified atom stereocenters. The molecule has 0 radical (unpaired) electrons. The van der Waals surface area contributed by atoms with Crippen molar-refractivity contribution in [3.8, 4) is 11.5 Å². The molecule has 1 N–H and O–H groups in total. The zero-order valence-electron chi connectivity index (χ0n) is 15.4. The van der Waals surface area contributed by atoms with Gasteiger partial charge in [-0.25, -0.2) is 13.1 Å². The van der Waals surface area contributed by atoms with E-state index in [4.69, 9.17) is 9.47 Å². The van der Waals surface area contributed by atoms with Gasteiger partial charge in [0.2, 0.25) is 15.9 Å². The van der Waals surface area contributed by atoms with Crippen LogP contribution in [0.5, 0.6) is 11.5 Å². The van der Waals surface area contributed by atoms with Crippen molar-refractivity contribution in [1.29, 1.82) is 0 Å². The van der Waals surface area contributed by atoms with E-state index in [1.54, 1.807) is 11.0 Å². The SMILES string of the molecule is COc1ccc(OC)c(S(=O)(=O)NCCN(CCN(C)C)C(C)=O)c1. The minimum absolute atomic E-state index is 0.00276. The van der Waals surface area contributed by atoms with E-state index in [0.29, 0.717) is 18.8 Å². The normalized spacial score (nSPS) is 11.4. The second-order valence-corrected chi connectivity index (χ2v) is 7.46. The van der Waals surface area contributed by atoms with Crippen molar-refractivity contribution >= 4 is 15.9 Å². The van der Waals surface area contributed by atoms with Gasteiger partial charge in [-0.1, -0.05) is 0 Å². The molecular formula is C16H27N3O5S. The molecule has 0 saturated heterocycles. The summed E-state index contributed by atoms with van der Waals surface area (Å²) in [6, 6.07) is 4.55. The van der Waals surface area contributed by atoms with Crippen LogP contribution in [0.25, 0.3) is 0 Å². The molecule has 0 spiro atoms. The molecule has 1 rings (SSSR count). The number of sulfonamides is 1. The number of benzene rings is 1. The molecule has 142 valence electrons. The highest BCUT2D eigenvalue weighted by Crippen LogP contribution is 2.27. The van der Waals surface area contributed by atoms with Crippen LogP contribution in [0.1, 0.15) is 6.92 Å². The Morgan fingerprint density at radius 1 is 1.12 bits per heavy atom. The zero-order chi connectivity index (χ0) is 19.0. The van der Waals surface area contributed by atoms with Crippen LogP contribution in [-0.4, -0.2) is 78.6 Å². The van der Waals surface area contributed by atoms with Crippen LogP contribution < -0.4 is 14.2 Å². The summed E-state index contributed by atoms with van der Waals surface area (Å²) in [5.74, 6) is 0.543. The number of carbonyl (C=O) groups is 1. The molecular weight excluding hydrogens is 346 g/mol. The number of amides is 1. The summed E-state index contributed by atoms with van der Waals surface area (Å²) >= 11 is 0. The first-order valence-electron chi connectivity index (χ1n) is 7.83. The molecule has 0 atom stereocenters. The van der Waals surface area contributed by atoms with Crippen LogP contribution in [0.2, 0.25) is 0 Å². The molecule has 0 fully saturated rings. The quantitative estimate of drug-likeness (QED) is 0.638. The third-order valence-corrected chi connectivity index (χ3v) is 5.08. The van der Waals surface area contributed by atoms with E-state index in [1.807, 2.05) is 19.0 Å². The minimum atomic E-state index is -3.79. The van der Waals surface area contributed by atoms with Crippen molar-refractivity contribution in [2.75, 3.05) is 54.5 Å². The average molecular weight is 373 g/mol. The Balaban J connectivity index is 2.79. The maximum atomic E-state index is 12.5. The summed E-state index contributed by atoms with van der Waals surface area (Å²) in [7, 11) is 2.90. The van der Waals surface area contributed by atoms with E-state index in [1.165, 1.54) is 33.3 Å². The lowest BCUT2D eigenvalue weighted by molar-refractivity contribution is -0.128. The summed E-state index contributed by atoms with van der Waals surface area (Å²) in [4.78, 5) is 15.2. The first-order valence-corrected chi connectivity index (χ1v) is 9.31. The fourth-order valence-electron chi connectivity index (χ4n) is 2.13. The van der Waals surface area contributed by atoms with Gasteiger partial charge in [0.15, 0.2) is 0 Å². The fourth-order valence-corrected chi connectivity index (χ4v) is 3.34. The van der Waals surface area contributed by atoms with Crippen molar-refractivity contribution < 1.29 is 22.7 Å². The molecule has 0 bridgehead atoms. The van der Waals surface area contributed by atoms with Crippen molar-refractivity contribution in [3.05, 3.63) is 18.2 Å². The maximum Gasteiger partial charge on any atom is 0.244 e. The first-order chi connectivity index (χ1) is 11.7. The molecule has 0 aromatic heterocycles. The minimum Gasteiger partial charge on any atom is -0.497 e. The number of carbonyl (C=O) groups excluding carboxylic acids is 1. The number of rotatable bonds is 10. The molecule has 0 aliphatic carbocycles. The van der Waals surface area contributed by atoms with Gasteiger partial charge in [0.05, 0.1) is 14.2 Å². The molecule has 0 aliphatic heterocycles. The van der Waals surface area contributed by atoms with Gasteiger partial charge in [-0.15, -0.1) is 0 Å². The van der Waals surface area contributed by atoms with Gasteiger partial charge in [-0.05, 0) is 26.2 Å². The smallest absolute Gasteiger partial charge is 0.244 e. The number of ether oxygens (including phenoxy) is 2. The van der Waals surface area contributed by atoms with Crippen LogP contribution in [0, 0.1) is 0 Å². The Kier molecular flexibility index (Phi) is 8.14. The Morgan fingerprint density at radius 2 is 1.80 bits per heavy atom. The molecule has 0 saturated carbocycles. The Labute approximate surface area is 149 Å². The van der Waals surface area contributed by atoms with Gasteiger partial charge in [0, 0.05) is 39.2 Å². The lowest BCUT2D eigenvalue weighted by Crippen LogP contribution is -2.40. The number of likely N-dealkylation sites (N-methyl/N-ethyl adjacent to an activating group) is 1. The third-order valence-electron chi connectivity index (χ3n) is 3.60. The monoisotopic (exact) mass is 373 g/mol. The van der Waals surface area contributed by atoms with Gasteiger partial charge in [0.25, 0.3) is 0 Å². The van der Waals surface area contributed by atoms with Gasteiger partial charge in [0.1, 0.15) is 16.4 Å². The molecule has 1 aromatic rings. The van der Waals surface area contributed by atoms with E-state index in [-0.39, 0.29) is 29.6 Å². The number of nitrogens with zero attached hydrogens (tertiary/aromatic N) is 2. The predicted octanol–water partition coefficient (Wildman–Crippen LogP) is 0.392. The molecule has 1 aromatic carbocycles. The highest BCUT2D eigenvalue weighted by Gasteiger charge is 2.21. The average Bonchev–Trinajstić information content (AvgIpc) is 2.56. The van der Waals surface area contributed by atoms with Crippen LogP contribution in [0.15, 0.2) is 23.1 Å². The lowest BCUT2D eigenvalue weighted by Gasteiger charge is -2.23. The zero-order valence-corrected chi connectivity index (χ0v) is 16.2. The lowest BCUT2D eigenvalue weighted by atomic mass is 10.3. The van der Waals surface area contributed by atoms with Crippen LogP contribution in [0.3, 0.4) is 0 Å². The summed E-state index contributed by atoms with van der Waals surface area (Å²) in [6.07, 6.45) is 0. The van der Waals surface area contributed by atoms with Crippen LogP contribution >= 0.6 is 0 Å². The van der Waals surface area contributed by atoms with Crippen molar-refractivity contribution in [1.82, 2.24) is 14.5 Å². The second-order valence-electron chi connectivity index (χ2n) is 5.72. The van der Waals surface area contributed by atoms with Gasteiger partial charge in [-0.2, -0.15) is 0 Å². The van der Waals surface area contributed by atoms with Crippen LogP contribution in [0.4, 0.5) is 0 Å². The topological polar surface area (TPSA) is 88.2 Å². The predicted molar refractivity (Wildman–Crippen MR) is 95.5 cm³/mol. The molecule has 1 amide bonds. The van der Waals surface area contributed by atoms with E-state index in [2.05, 4.69) is 4.72 Å².